The molecule has 0 unspecified atom stereocenters. The third kappa shape index (κ3) is 6.58. The molecule has 0 saturated heterocycles. The van der Waals surface area contributed by atoms with E-state index in [-0.39, 0.29) is 12.3 Å². The van der Waals surface area contributed by atoms with Gasteiger partial charge >= 0.3 is 5.97 Å². The molecule has 0 aromatic heterocycles. The van der Waals surface area contributed by atoms with Gasteiger partial charge in [0.1, 0.15) is 0 Å². The molecule has 0 bridgehead atoms. The minimum atomic E-state index is -0.570. The summed E-state index contributed by atoms with van der Waals surface area (Å²) in [6, 6.07) is 11.3. The predicted molar refractivity (Wildman–Crippen MR) is 104 cm³/mol. The van der Waals surface area contributed by atoms with E-state index in [0.717, 1.165) is 0 Å². The molecule has 0 heterocycles. The second-order valence-electron chi connectivity index (χ2n) is 5.57. The highest BCUT2D eigenvalue weighted by molar-refractivity contribution is 6.42. The van der Waals surface area contributed by atoms with E-state index in [9.17, 15) is 14.4 Å². The van der Waals surface area contributed by atoms with Crippen molar-refractivity contribution in [3.05, 3.63) is 63.6 Å². The standard InChI is InChI=1S/C19H18Cl2N2O4/c1-2-22-19(26)13-4-3-5-14(10-13)23-17(24)11-27-18(25)9-12-6-7-15(20)16(21)8-12/h3-8,10H,2,9,11H2,1H3,(H,22,26)(H,23,24). The molecule has 0 aliphatic heterocycles. The van der Waals surface area contributed by atoms with Crippen LogP contribution in [0.1, 0.15) is 22.8 Å². The largest absolute Gasteiger partial charge is 0.455 e. The van der Waals surface area contributed by atoms with Gasteiger partial charge in [0.15, 0.2) is 6.61 Å². The molecule has 2 aromatic carbocycles. The fraction of sp³-hybridized carbons (Fsp3) is 0.211. The van der Waals surface area contributed by atoms with Crippen molar-refractivity contribution in [1.29, 1.82) is 0 Å². The zero-order chi connectivity index (χ0) is 19.8. The molecule has 6 nitrogen and oxygen atoms in total. The number of carbonyl (C=O) groups is 3. The van der Waals surface area contributed by atoms with Gasteiger partial charge in [0, 0.05) is 17.8 Å². The van der Waals surface area contributed by atoms with Crippen molar-refractivity contribution < 1.29 is 19.1 Å². The third-order valence-electron chi connectivity index (χ3n) is 3.44. The van der Waals surface area contributed by atoms with Crippen LogP contribution < -0.4 is 10.6 Å². The molecular formula is C19H18Cl2N2O4. The first-order chi connectivity index (χ1) is 12.9. The van der Waals surface area contributed by atoms with E-state index in [1.165, 1.54) is 0 Å². The SMILES string of the molecule is CCNC(=O)c1cccc(NC(=O)COC(=O)Cc2ccc(Cl)c(Cl)c2)c1. The minimum absolute atomic E-state index is 0.0309. The van der Waals surface area contributed by atoms with Gasteiger partial charge in [-0.25, -0.2) is 0 Å². The summed E-state index contributed by atoms with van der Waals surface area (Å²) in [6.45, 7) is 1.88. The van der Waals surface area contributed by atoms with Crippen LogP contribution in [-0.4, -0.2) is 30.9 Å². The lowest BCUT2D eigenvalue weighted by Gasteiger charge is -2.08. The van der Waals surface area contributed by atoms with Crippen LogP contribution in [0.25, 0.3) is 0 Å². The van der Waals surface area contributed by atoms with Crippen molar-refractivity contribution in [3.63, 3.8) is 0 Å². The van der Waals surface area contributed by atoms with E-state index in [1.54, 1.807) is 42.5 Å². The highest BCUT2D eigenvalue weighted by atomic mass is 35.5. The lowest BCUT2D eigenvalue weighted by molar-refractivity contribution is -0.146. The number of esters is 1. The molecule has 0 spiro atoms. The summed E-state index contributed by atoms with van der Waals surface area (Å²) in [5.74, 6) is -1.31. The van der Waals surface area contributed by atoms with E-state index in [4.69, 9.17) is 27.9 Å². The van der Waals surface area contributed by atoms with Gasteiger partial charge in [0.2, 0.25) is 0 Å². The molecule has 0 saturated carbocycles. The number of amides is 2. The predicted octanol–water partition coefficient (Wildman–Crippen LogP) is 3.47. The van der Waals surface area contributed by atoms with Crippen LogP contribution in [0, 0.1) is 0 Å². The number of anilines is 1. The Kier molecular flexibility index (Phi) is 7.64. The number of halogens is 2. The van der Waals surface area contributed by atoms with Crippen LogP contribution in [0.2, 0.25) is 10.0 Å². The molecule has 0 aliphatic rings. The quantitative estimate of drug-likeness (QED) is 0.686. The van der Waals surface area contributed by atoms with E-state index in [2.05, 4.69) is 10.6 Å². The average Bonchev–Trinajstić information content (AvgIpc) is 2.63. The maximum Gasteiger partial charge on any atom is 0.310 e. The molecule has 2 amide bonds. The Morgan fingerprint density at radius 1 is 1.04 bits per heavy atom. The van der Waals surface area contributed by atoms with E-state index in [1.807, 2.05) is 6.92 Å². The first kappa shape index (κ1) is 20.7. The number of nitrogens with one attached hydrogen (secondary N) is 2. The summed E-state index contributed by atoms with van der Waals surface area (Å²) in [4.78, 5) is 35.6. The molecule has 2 rings (SSSR count). The Bertz CT molecular complexity index is 855. The number of ether oxygens (including phenoxy) is 1. The molecule has 0 aliphatic carbocycles. The molecule has 0 radical (unpaired) electrons. The lowest BCUT2D eigenvalue weighted by Crippen LogP contribution is -2.24. The van der Waals surface area contributed by atoms with Crippen LogP contribution in [0.3, 0.4) is 0 Å². The van der Waals surface area contributed by atoms with Gasteiger partial charge in [-0.15, -0.1) is 0 Å². The fourth-order valence-corrected chi connectivity index (χ4v) is 2.53. The zero-order valence-electron chi connectivity index (χ0n) is 14.6. The number of rotatable bonds is 7. The van der Waals surface area contributed by atoms with Crippen molar-refractivity contribution in [3.8, 4) is 0 Å². The maximum atomic E-state index is 11.9. The Balaban J connectivity index is 1.85. The summed E-state index contributed by atoms with van der Waals surface area (Å²) in [7, 11) is 0. The third-order valence-corrected chi connectivity index (χ3v) is 4.18. The maximum absolute atomic E-state index is 11.9. The van der Waals surface area contributed by atoms with Gasteiger partial charge in [0.05, 0.1) is 16.5 Å². The summed E-state index contributed by atoms with van der Waals surface area (Å²) < 4.78 is 4.96. The Labute approximate surface area is 166 Å². The second-order valence-corrected chi connectivity index (χ2v) is 6.39. The van der Waals surface area contributed by atoms with Crippen LogP contribution in [-0.2, 0) is 20.7 Å². The van der Waals surface area contributed by atoms with Crippen LogP contribution in [0.15, 0.2) is 42.5 Å². The molecule has 8 heteroatoms. The van der Waals surface area contributed by atoms with Gasteiger partial charge < -0.3 is 15.4 Å². The van der Waals surface area contributed by atoms with Crippen LogP contribution in [0.4, 0.5) is 5.69 Å². The molecule has 0 atom stereocenters. The number of benzene rings is 2. The highest BCUT2D eigenvalue weighted by Gasteiger charge is 2.11. The van der Waals surface area contributed by atoms with Gasteiger partial charge in [-0.3, -0.25) is 14.4 Å². The Hall–Kier alpha value is -2.57. The molecular weight excluding hydrogens is 391 g/mol. The molecule has 27 heavy (non-hydrogen) atoms. The summed E-state index contributed by atoms with van der Waals surface area (Å²) in [5, 5.41) is 5.99. The van der Waals surface area contributed by atoms with Crippen molar-refractivity contribution >= 4 is 46.7 Å². The van der Waals surface area contributed by atoms with Gasteiger partial charge in [0.25, 0.3) is 11.8 Å². The molecule has 2 N–H and O–H groups in total. The van der Waals surface area contributed by atoms with Crippen LogP contribution in [0.5, 0.6) is 0 Å². The van der Waals surface area contributed by atoms with E-state index in [0.29, 0.717) is 33.4 Å². The summed E-state index contributed by atoms with van der Waals surface area (Å²) in [5.41, 5.74) is 1.49. The second kappa shape index (κ2) is 9.94. The Morgan fingerprint density at radius 3 is 2.52 bits per heavy atom. The summed E-state index contributed by atoms with van der Waals surface area (Å²) in [6.07, 6.45) is -0.0309. The van der Waals surface area contributed by atoms with E-state index >= 15 is 0 Å². The molecule has 142 valence electrons. The van der Waals surface area contributed by atoms with Crippen molar-refractivity contribution in [2.45, 2.75) is 13.3 Å². The zero-order valence-corrected chi connectivity index (χ0v) is 16.1. The van der Waals surface area contributed by atoms with Gasteiger partial charge in [-0.05, 0) is 42.8 Å². The number of hydrogen-bond donors (Lipinski definition) is 2. The fourth-order valence-electron chi connectivity index (χ4n) is 2.21. The highest BCUT2D eigenvalue weighted by Crippen LogP contribution is 2.22. The topological polar surface area (TPSA) is 84.5 Å². The van der Waals surface area contributed by atoms with Crippen molar-refractivity contribution in [1.82, 2.24) is 5.32 Å². The van der Waals surface area contributed by atoms with Crippen molar-refractivity contribution in [2.24, 2.45) is 0 Å². The lowest BCUT2D eigenvalue weighted by atomic mass is 10.1. The van der Waals surface area contributed by atoms with E-state index < -0.39 is 18.5 Å². The normalized spacial score (nSPS) is 10.2. The molecule has 2 aromatic rings. The Morgan fingerprint density at radius 2 is 1.81 bits per heavy atom. The number of hydrogen-bond acceptors (Lipinski definition) is 4. The van der Waals surface area contributed by atoms with Gasteiger partial charge in [-0.1, -0.05) is 35.3 Å². The first-order valence-electron chi connectivity index (χ1n) is 8.16. The average molecular weight is 409 g/mol. The van der Waals surface area contributed by atoms with Crippen LogP contribution >= 0.6 is 23.2 Å². The minimum Gasteiger partial charge on any atom is -0.455 e. The smallest absolute Gasteiger partial charge is 0.310 e. The van der Waals surface area contributed by atoms with Gasteiger partial charge in [-0.2, -0.15) is 0 Å². The first-order valence-corrected chi connectivity index (χ1v) is 8.92. The monoisotopic (exact) mass is 408 g/mol. The summed E-state index contributed by atoms with van der Waals surface area (Å²) >= 11 is 11.7. The number of carbonyl (C=O) groups excluding carboxylic acids is 3. The van der Waals surface area contributed by atoms with Crippen molar-refractivity contribution in [2.75, 3.05) is 18.5 Å². The molecule has 0 fully saturated rings.